The summed E-state index contributed by atoms with van der Waals surface area (Å²) in [4.78, 5) is 38.9. The molecule has 0 bridgehead atoms. The first-order valence-electron chi connectivity index (χ1n) is 10.7. The number of carboxylic acids is 1. The van der Waals surface area contributed by atoms with Crippen LogP contribution in [0.4, 0.5) is 21.9 Å². The molecule has 0 heterocycles. The van der Waals surface area contributed by atoms with Gasteiger partial charge in [-0.1, -0.05) is 18.2 Å². The predicted molar refractivity (Wildman–Crippen MR) is 129 cm³/mol. The second kappa shape index (κ2) is 12.4. The molecule has 0 spiro atoms. The molecule has 2 rings (SSSR count). The minimum Gasteiger partial charge on any atom is -0.494 e. The number of carboxylic acid groups (broad SMARTS) is 1. The first-order chi connectivity index (χ1) is 15.7. The minimum absolute atomic E-state index is 0.0794. The van der Waals surface area contributed by atoms with Crippen LogP contribution in [0.3, 0.4) is 0 Å². The number of aryl methyl sites for hydroxylation is 1. The first-order valence-corrected chi connectivity index (χ1v) is 10.7. The third-order valence-electron chi connectivity index (χ3n) is 5.15. The number of benzene rings is 2. The molecule has 0 aliphatic carbocycles. The number of ether oxygens (including phenoxy) is 1. The molecule has 178 valence electrons. The van der Waals surface area contributed by atoms with Gasteiger partial charge in [-0.05, 0) is 50.7 Å². The van der Waals surface area contributed by atoms with Crippen LogP contribution in [-0.2, 0) is 9.59 Å². The van der Waals surface area contributed by atoms with Gasteiger partial charge in [-0.3, -0.25) is 9.59 Å². The van der Waals surface area contributed by atoms with E-state index in [2.05, 4.69) is 10.6 Å². The van der Waals surface area contributed by atoms with Gasteiger partial charge in [-0.2, -0.15) is 0 Å². The van der Waals surface area contributed by atoms with E-state index in [-0.39, 0.29) is 12.3 Å². The molecule has 0 saturated heterocycles. The summed E-state index contributed by atoms with van der Waals surface area (Å²) in [7, 11) is 3.35. The Bertz CT molecular complexity index is 979. The lowest BCUT2D eigenvalue weighted by Crippen LogP contribution is -2.32. The van der Waals surface area contributed by atoms with Crippen LogP contribution in [0.25, 0.3) is 0 Å². The van der Waals surface area contributed by atoms with Crippen molar-refractivity contribution in [2.24, 2.45) is 0 Å². The molecule has 0 aromatic heterocycles. The zero-order chi connectivity index (χ0) is 24.4. The van der Waals surface area contributed by atoms with Crippen LogP contribution >= 0.6 is 0 Å². The van der Waals surface area contributed by atoms with Crippen LogP contribution in [0.1, 0.15) is 25.3 Å². The Morgan fingerprint density at radius 1 is 1.00 bits per heavy atom. The van der Waals surface area contributed by atoms with E-state index in [9.17, 15) is 14.4 Å². The van der Waals surface area contributed by atoms with Crippen molar-refractivity contribution < 1.29 is 24.2 Å². The number of hydrogen-bond acceptors (Lipinski definition) is 5. The van der Waals surface area contributed by atoms with E-state index in [1.807, 2.05) is 43.1 Å². The number of para-hydroxylation sites is 1. The van der Waals surface area contributed by atoms with Crippen LogP contribution in [0.15, 0.2) is 42.5 Å². The number of carbonyl (C=O) groups excluding carboxylic acids is 2. The van der Waals surface area contributed by atoms with Gasteiger partial charge in [-0.15, -0.1) is 0 Å². The number of anilines is 3. The molecule has 0 aliphatic heterocycles. The summed E-state index contributed by atoms with van der Waals surface area (Å²) in [6.07, 6.45) is 0.757. The average molecular weight is 457 g/mol. The van der Waals surface area contributed by atoms with Gasteiger partial charge in [0.25, 0.3) is 0 Å². The molecule has 0 unspecified atom stereocenters. The number of nitrogens with zero attached hydrogens (tertiary/aromatic N) is 2. The number of aliphatic carboxylic acids is 1. The summed E-state index contributed by atoms with van der Waals surface area (Å²) < 4.78 is 5.44. The molecule has 0 saturated carbocycles. The van der Waals surface area contributed by atoms with Gasteiger partial charge in [0.1, 0.15) is 5.75 Å². The zero-order valence-corrected chi connectivity index (χ0v) is 19.6. The Balaban J connectivity index is 2.04. The molecule has 0 aliphatic rings. The molecule has 0 radical (unpaired) electrons. The Morgan fingerprint density at radius 3 is 2.33 bits per heavy atom. The van der Waals surface area contributed by atoms with Gasteiger partial charge in [0, 0.05) is 37.5 Å². The van der Waals surface area contributed by atoms with E-state index in [1.54, 1.807) is 23.1 Å². The molecular weight excluding hydrogens is 424 g/mol. The topological polar surface area (TPSA) is 111 Å². The summed E-state index contributed by atoms with van der Waals surface area (Å²) in [5, 5.41) is 14.4. The largest absolute Gasteiger partial charge is 0.494 e. The van der Waals surface area contributed by atoms with Crippen molar-refractivity contribution in [2.75, 3.05) is 49.3 Å². The number of hydrogen-bond donors (Lipinski definition) is 3. The van der Waals surface area contributed by atoms with Crippen LogP contribution in [0.5, 0.6) is 5.75 Å². The number of rotatable bonds is 11. The highest BCUT2D eigenvalue weighted by Crippen LogP contribution is 2.30. The van der Waals surface area contributed by atoms with Gasteiger partial charge in [-0.25, -0.2) is 4.79 Å². The quantitative estimate of drug-likeness (QED) is 0.474. The number of nitrogens with one attached hydrogen (secondary N) is 2. The normalized spacial score (nSPS) is 10.6. The van der Waals surface area contributed by atoms with Gasteiger partial charge in [0.15, 0.2) is 0 Å². The molecule has 9 nitrogen and oxygen atoms in total. The van der Waals surface area contributed by atoms with Crippen LogP contribution in [0, 0.1) is 6.92 Å². The van der Waals surface area contributed by atoms with E-state index in [1.165, 1.54) is 14.0 Å². The van der Waals surface area contributed by atoms with E-state index >= 15 is 0 Å². The van der Waals surface area contributed by atoms with Crippen molar-refractivity contribution in [1.29, 1.82) is 0 Å². The van der Waals surface area contributed by atoms with E-state index < -0.39 is 12.0 Å². The fraction of sp³-hybridized carbons (Fsp3) is 0.375. The Kier molecular flexibility index (Phi) is 9.68. The van der Waals surface area contributed by atoms with Crippen LogP contribution in [0.2, 0.25) is 0 Å². The Labute approximate surface area is 194 Å². The van der Waals surface area contributed by atoms with Gasteiger partial charge < -0.3 is 30.3 Å². The number of urea groups is 1. The highest BCUT2D eigenvalue weighted by molar-refractivity contribution is 6.01. The number of methoxy groups -OCH3 is 1. The van der Waals surface area contributed by atoms with Crippen molar-refractivity contribution in [3.63, 3.8) is 0 Å². The molecular formula is C24H32N4O5. The van der Waals surface area contributed by atoms with Crippen molar-refractivity contribution in [1.82, 2.24) is 4.90 Å². The van der Waals surface area contributed by atoms with Gasteiger partial charge in [0.05, 0.1) is 19.2 Å². The molecule has 2 aromatic carbocycles. The lowest BCUT2D eigenvalue weighted by molar-refractivity contribution is -0.137. The lowest BCUT2D eigenvalue weighted by atomic mass is 10.2. The third-order valence-corrected chi connectivity index (χ3v) is 5.15. The molecule has 33 heavy (non-hydrogen) atoms. The van der Waals surface area contributed by atoms with Crippen molar-refractivity contribution in [2.45, 2.75) is 26.7 Å². The molecule has 2 aromatic rings. The summed E-state index contributed by atoms with van der Waals surface area (Å²) in [6.45, 7) is 4.98. The van der Waals surface area contributed by atoms with E-state index in [0.29, 0.717) is 48.9 Å². The maximum absolute atomic E-state index is 12.4. The smallest absolute Gasteiger partial charge is 0.323 e. The monoisotopic (exact) mass is 456 g/mol. The lowest BCUT2D eigenvalue weighted by Gasteiger charge is -2.24. The Hall–Kier alpha value is -3.59. The molecule has 9 heteroatoms. The highest BCUT2D eigenvalue weighted by atomic mass is 16.5. The SMILES string of the molecule is COc1cc(N(CCCN(C)CCC(=O)O)C(C)=O)ccc1NC(=O)Nc1ccccc1C. The zero-order valence-electron chi connectivity index (χ0n) is 19.6. The molecule has 0 atom stereocenters. The highest BCUT2D eigenvalue weighted by Gasteiger charge is 2.16. The predicted octanol–water partition coefficient (Wildman–Crippen LogP) is 3.80. The second-order valence-electron chi connectivity index (χ2n) is 7.75. The minimum atomic E-state index is -0.833. The van der Waals surface area contributed by atoms with Crippen LogP contribution < -0.4 is 20.3 Å². The van der Waals surface area contributed by atoms with E-state index in [4.69, 9.17) is 9.84 Å². The summed E-state index contributed by atoms with van der Waals surface area (Å²) in [6, 6.07) is 12.2. The van der Waals surface area contributed by atoms with Gasteiger partial charge in [0.2, 0.25) is 5.91 Å². The van der Waals surface area contributed by atoms with Crippen molar-refractivity contribution in [3.05, 3.63) is 48.0 Å². The Morgan fingerprint density at radius 2 is 1.70 bits per heavy atom. The standard InChI is InChI=1S/C24H32N4O5/c1-17-8-5-6-9-20(17)25-24(32)26-21-11-10-19(16-22(21)33-4)28(18(2)29)14-7-13-27(3)15-12-23(30)31/h5-6,8-11,16H,7,12-15H2,1-4H3,(H,30,31)(H2,25,26,32). The van der Waals surface area contributed by atoms with E-state index in [0.717, 1.165) is 5.56 Å². The maximum atomic E-state index is 12.4. The number of carbonyl (C=O) groups is 3. The third kappa shape index (κ3) is 8.12. The first kappa shape index (κ1) is 25.7. The van der Waals surface area contributed by atoms with Crippen molar-refractivity contribution >= 4 is 35.0 Å². The summed E-state index contributed by atoms with van der Waals surface area (Å²) in [5.41, 5.74) is 2.78. The van der Waals surface area contributed by atoms with Crippen LogP contribution in [-0.4, -0.2) is 61.7 Å². The van der Waals surface area contributed by atoms with Gasteiger partial charge >= 0.3 is 12.0 Å². The summed E-state index contributed by atoms with van der Waals surface area (Å²) >= 11 is 0. The molecule has 3 N–H and O–H groups in total. The maximum Gasteiger partial charge on any atom is 0.323 e. The van der Waals surface area contributed by atoms with Crippen molar-refractivity contribution in [3.8, 4) is 5.75 Å². The average Bonchev–Trinajstić information content (AvgIpc) is 2.77. The second-order valence-corrected chi connectivity index (χ2v) is 7.75. The fourth-order valence-corrected chi connectivity index (χ4v) is 3.31. The summed E-state index contributed by atoms with van der Waals surface area (Å²) in [5.74, 6) is -0.527. The fourth-order valence-electron chi connectivity index (χ4n) is 3.31. The number of amides is 3. The molecule has 0 fully saturated rings. The molecule has 3 amide bonds.